The predicted molar refractivity (Wildman–Crippen MR) is 78.2 cm³/mol. The molecule has 1 atom stereocenters. The summed E-state index contributed by atoms with van der Waals surface area (Å²) < 4.78 is 2.14. The highest BCUT2D eigenvalue weighted by molar-refractivity contribution is 8.00. The zero-order valence-corrected chi connectivity index (χ0v) is 11.5. The predicted octanol–water partition coefficient (Wildman–Crippen LogP) is 3.85. The fourth-order valence-electron chi connectivity index (χ4n) is 2.25. The normalized spacial score (nSPS) is 17.9. The third-order valence-electron chi connectivity index (χ3n) is 3.16. The number of para-hydroxylation sites is 1. The van der Waals surface area contributed by atoms with E-state index in [9.17, 15) is 0 Å². The number of hydrogen-bond donors (Lipinski definition) is 1. The van der Waals surface area contributed by atoms with Crippen LogP contribution in [-0.4, -0.2) is 7.05 Å². The molecule has 2 nitrogen and oxygen atoms in total. The van der Waals surface area contributed by atoms with Gasteiger partial charge in [-0.1, -0.05) is 35.9 Å². The number of halogens is 1. The van der Waals surface area contributed by atoms with Crippen LogP contribution in [0.15, 0.2) is 47.4 Å². The summed E-state index contributed by atoms with van der Waals surface area (Å²) in [5.74, 6) is 0. The minimum atomic E-state index is -0.106. The molecule has 0 aromatic heterocycles. The van der Waals surface area contributed by atoms with Crippen LogP contribution in [0.25, 0.3) is 0 Å². The molecular weight excluding hydrogens is 264 g/mol. The van der Waals surface area contributed by atoms with Crippen molar-refractivity contribution < 1.29 is 0 Å². The monoisotopic (exact) mass is 276 g/mol. The number of hydrogen-bond acceptors (Lipinski definition) is 3. The molecule has 0 fully saturated rings. The summed E-state index contributed by atoms with van der Waals surface area (Å²) in [6, 6.07) is 14.0. The van der Waals surface area contributed by atoms with Gasteiger partial charge in [0.05, 0.1) is 11.7 Å². The van der Waals surface area contributed by atoms with E-state index in [4.69, 9.17) is 17.3 Å². The molecule has 4 heteroatoms. The summed E-state index contributed by atoms with van der Waals surface area (Å²) in [7, 11) is 2.05. The maximum absolute atomic E-state index is 6.39. The Labute approximate surface area is 116 Å². The molecule has 18 heavy (non-hydrogen) atoms. The zero-order chi connectivity index (χ0) is 12.7. The van der Waals surface area contributed by atoms with E-state index in [1.807, 2.05) is 37.4 Å². The number of nitrogens with two attached hydrogens (primary N) is 1. The summed E-state index contributed by atoms with van der Waals surface area (Å²) in [5, 5.41) is 0.743. The molecule has 0 saturated carbocycles. The molecule has 2 aromatic rings. The van der Waals surface area contributed by atoms with Gasteiger partial charge in [0.25, 0.3) is 0 Å². The van der Waals surface area contributed by atoms with Gasteiger partial charge < -0.3 is 10.0 Å². The first-order valence-corrected chi connectivity index (χ1v) is 6.87. The molecule has 1 unspecified atom stereocenters. The van der Waals surface area contributed by atoms with Crippen molar-refractivity contribution in [2.45, 2.75) is 10.9 Å². The minimum absolute atomic E-state index is 0.106. The summed E-state index contributed by atoms with van der Waals surface area (Å²) in [6.45, 7) is 0. The van der Waals surface area contributed by atoms with Gasteiger partial charge in [0, 0.05) is 17.0 Å². The van der Waals surface area contributed by atoms with E-state index in [1.165, 1.54) is 0 Å². The second-order valence-corrected chi connectivity index (χ2v) is 5.91. The first-order chi connectivity index (χ1) is 8.66. The highest BCUT2D eigenvalue weighted by atomic mass is 35.5. The Morgan fingerprint density at radius 2 is 1.94 bits per heavy atom. The van der Waals surface area contributed by atoms with Crippen molar-refractivity contribution >= 4 is 29.2 Å². The van der Waals surface area contributed by atoms with Crippen molar-refractivity contribution in [1.82, 2.24) is 0 Å². The lowest BCUT2D eigenvalue weighted by atomic mass is 9.98. The summed E-state index contributed by atoms with van der Waals surface area (Å²) in [4.78, 5) is 1.12. The second-order valence-electron chi connectivity index (χ2n) is 4.31. The maximum Gasteiger partial charge on any atom is 0.0584 e. The van der Waals surface area contributed by atoms with Crippen LogP contribution < -0.4 is 10.0 Å². The van der Waals surface area contributed by atoms with Crippen LogP contribution in [0.4, 0.5) is 5.69 Å². The van der Waals surface area contributed by atoms with Crippen LogP contribution in [-0.2, 0) is 0 Å². The maximum atomic E-state index is 6.39. The minimum Gasteiger partial charge on any atom is -0.320 e. The van der Waals surface area contributed by atoms with Crippen molar-refractivity contribution in [3.8, 4) is 0 Å². The van der Waals surface area contributed by atoms with Gasteiger partial charge in [-0.15, -0.1) is 0 Å². The highest BCUT2D eigenvalue weighted by Crippen LogP contribution is 2.42. The van der Waals surface area contributed by atoms with E-state index in [0.29, 0.717) is 0 Å². The summed E-state index contributed by atoms with van der Waals surface area (Å²) in [6.07, 6.45) is 0. The summed E-state index contributed by atoms with van der Waals surface area (Å²) in [5.41, 5.74) is 9.82. The number of nitrogens with zero attached hydrogens (tertiary/aromatic N) is 1. The molecule has 2 aromatic carbocycles. The van der Waals surface area contributed by atoms with Crippen LogP contribution in [0.3, 0.4) is 0 Å². The number of fused-ring (bicyclic) bond motifs is 2. The van der Waals surface area contributed by atoms with Gasteiger partial charge in [0.15, 0.2) is 0 Å². The molecule has 1 aliphatic rings. The lowest BCUT2D eigenvalue weighted by Gasteiger charge is -2.18. The Bertz CT molecular complexity index is 600. The van der Waals surface area contributed by atoms with Crippen molar-refractivity contribution in [2.75, 3.05) is 11.4 Å². The quantitative estimate of drug-likeness (QED) is 0.741. The van der Waals surface area contributed by atoms with Crippen molar-refractivity contribution in [1.29, 1.82) is 0 Å². The Kier molecular flexibility index (Phi) is 2.98. The SMILES string of the molecule is CN1Sc2cc(Cl)ccc2C(N)c2ccccc21. The number of rotatable bonds is 0. The Morgan fingerprint density at radius 1 is 1.17 bits per heavy atom. The number of anilines is 1. The smallest absolute Gasteiger partial charge is 0.0584 e. The molecule has 2 N–H and O–H groups in total. The fraction of sp³-hybridized carbons (Fsp3) is 0.143. The van der Waals surface area contributed by atoms with Gasteiger partial charge in [-0.2, -0.15) is 0 Å². The third kappa shape index (κ3) is 1.88. The van der Waals surface area contributed by atoms with E-state index in [2.05, 4.69) is 16.4 Å². The van der Waals surface area contributed by atoms with Crippen LogP contribution >= 0.6 is 23.5 Å². The average Bonchev–Trinajstić information content (AvgIpc) is 2.47. The molecule has 0 radical (unpaired) electrons. The molecule has 0 aliphatic carbocycles. The van der Waals surface area contributed by atoms with Crippen LogP contribution in [0.2, 0.25) is 5.02 Å². The van der Waals surface area contributed by atoms with Crippen LogP contribution in [0, 0.1) is 0 Å². The van der Waals surface area contributed by atoms with E-state index in [-0.39, 0.29) is 6.04 Å². The molecule has 1 heterocycles. The first kappa shape index (κ1) is 11.9. The summed E-state index contributed by atoms with van der Waals surface area (Å²) >= 11 is 7.73. The Morgan fingerprint density at radius 3 is 2.78 bits per heavy atom. The van der Waals surface area contributed by atoms with Gasteiger partial charge >= 0.3 is 0 Å². The van der Waals surface area contributed by atoms with Gasteiger partial charge in [-0.05, 0) is 41.3 Å². The van der Waals surface area contributed by atoms with E-state index in [1.54, 1.807) is 11.9 Å². The lowest BCUT2D eigenvalue weighted by molar-refractivity contribution is 0.853. The highest BCUT2D eigenvalue weighted by Gasteiger charge is 2.23. The van der Waals surface area contributed by atoms with Gasteiger partial charge in [-0.3, -0.25) is 0 Å². The molecule has 0 bridgehead atoms. The van der Waals surface area contributed by atoms with Gasteiger partial charge in [0.1, 0.15) is 0 Å². The third-order valence-corrected chi connectivity index (χ3v) is 4.41. The fourth-order valence-corrected chi connectivity index (χ4v) is 3.52. The lowest BCUT2D eigenvalue weighted by Crippen LogP contribution is -2.13. The molecule has 0 saturated heterocycles. The van der Waals surface area contributed by atoms with Crippen molar-refractivity contribution in [2.24, 2.45) is 5.73 Å². The van der Waals surface area contributed by atoms with Crippen molar-refractivity contribution in [3.63, 3.8) is 0 Å². The molecule has 0 spiro atoms. The van der Waals surface area contributed by atoms with E-state index in [0.717, 1.165) is 26.7 Å². The average molecular weight is 277 g/mol. The first-order valence-electron chi connectivity index (χ1n) is 5.72. The molecule has 0 amide bonds. The largest absolute Gasteiger partial charge is 0.320 e. The molecule has 92 valence electrons. The van der Waals surface area contributed by atoms with E-state index < -0.39 is 0 Å². The molecule has 3 rings (SSSR count). The second kappa shape index (κ2) is 4.50. The zero-order valence-electron chi connectivity index (χ0n) is 9.93. The topological polar surface area (TPSA) is 29.3 Å². The standard InChI is InChI=1S/C14H13ClN2S/c1-17-12-5-3-2-4-10(12)14(16)11-7-6-9(15)8-13(11)18-17/h2-8,14H,16H2,1H3. The van der Waals surface area contributed by atoms with Crippen LogP contribution in [0.1, 0.15) is 17.2 Å². The van der Waals surface area contributed by atoms with Crippen LogP contribution in [0.5, 0.6) is 0 Å². The Balaban J connectivity index is 2.21. The van der Waals surface area contributed by atoms with E-state index >= 15 is 0 Å². The van der Waals surface area contributed by atoms with Gasteiger partial charge in [0.2, 0.25) is 0 Å². The van der Waals surface area contributed by atoms with Gasteiger partial charge in [-0.25, -0.2) is 0 Å². The van der Waals surface area contributed by atoms with Crippen molar-refractivity contribution in [3.05, 3.63) is 58.6 Å². The Hall–Kier alpha value is -1.16. The molecular formula is C14H13ClN2S. The molecule has 1 aliphatic heterocycles. The number of benzene rings is 2.